The van der Waals surface area contributed by atoms with E-state index in [1.807, 2.05) is 26.8 Å². The summed E-state index contributed by atoms with van der Waals surface area (Å²) in [6.07, 6.45) is 1.57. The second-order valence-corrected chi connectivity index (χ2v) is 4.38. The lowest BCUT2D eigenvalue weighted by Crippen LogP contribution is -2.21. The van der Waals surface area contributed by atoms with E-state index in [9.17, 15) is 4.79 Å². The molecule has 0 radical (unpaired) electrons. The molecule has 1 aromatic carbocycles. The van der Waals surface area contributed by atoms with Crippen LogP contribution < -0.4 is 5.32 Å². The third-order valence-corrected chi connectivity index (χ3v) is 2.33. The molecule has 0 saturated carbocycles. The van der Waals surface area contributed by atoms with E-state index >= 15 is 0 Å². The van der Waals surface area contributed by atoms with Gasteiger partial charge in [0.1, 0.15) is 0 Å². The first-order valence-electron chi connectivity index (χ1n) is 5.24. The van der Waals surface area contributed by atoms with E-state index in [1.54, 1.807) is 24.3 Å². The van der Waals surface area contributed by atoms with Gasteiger partial charge in [-0.25, -0.2) is 0 Å². The molecular formula is C13H16ClNO. The van der Waals surface area contributed by atoms with Crippen LogP contribution in [0.3, 0.4) is 0 Å². The highest BCUT2D eigenvalue weighted by Gasteiger charge is 2.07. The largest absolute Gasteiger partial charge is 0.386 e. The van der Waals surface area contributed by atoms with Crippen molar-refractivity contribution in [1.29, 1.82) is 0 Å². The molecule has 0 saturated heterocycles. The van der Waals surface area contributed by atoms with Crippen molar-refractivity contribution in [3.63, 3.8) is 0 Å². The Hall–Kier alpha value is -1.28. The summed E-state index contributed by atoms with van der Waals surface area (Å²) in [4.78, 5) is 11.9. The Balaban J connectivity index is 2.84. The Labute approximate surface area is 101 Å². The van der Waals surface area contributed by atoms with E-state index in [0.717, 1.165) is 5.70 Å². The van der Waals surface area contributed by atoms with Crippen molar-refractivity contribution in [2.24, 2.45) is 0 Å². The van der Waals surface area contributed by atoms with Crippen LogP contribution in [0.25, 0.3) is 0 Å². The number of allylic oxidation sites excluding steroid dienone is 2. The van der Waals surface area contributed by atoms with E-state index in [0.29, 0.717) is 16.6 Å². The van der Waals surface area contributed by atoms with E-state index in [2.05, 4.69) is 5.32 Å². The van der Waals surface area contributed by atoms with Crippen LogP contribution in [0.4, 0.5) is 0 Å². The lowest BCUT2D eigenvalue weighted by molar-refractivity contribution is 0.104. The van der Waals surface area contributed by atoms with Crippen LogP contribution in [-0.2, 0) is 0 Å². The van der Waals surface area contributed by atoms with Gasteiger partial charge in [-0.15, -0.1) is 0 Å². The van der Waals surface area contributed by atoms with E-state index in [-0.39, 0.29) is 5.78 Å². The zero-order valence-electron chi connectivity index (χ0n) is 9.75. The maximum Gasteiger partial charge on any atom is 0.189 e. The summed E-state index contributed by atoms with van der Waals surface area (Å²) < 4.78 is 0. The molecule has 0 amide bonds. The molecule has 0 aliphatic carbocycles. The average molecular weight is 238 g/mol. The first kappa shape index (κ1) is 12.8. The monoisotopic (exact) mass is 237 g/mol. The summed E-state index contributed by atoms with van der Waals surface area (Å²) in [6, 6.07) is 7.37. The number of halogens is 1. The number of hydrogen-bond donors (Lipinski definition) is 1. The number of ketones is 1. The molecule has 1 aromatic rings. The van der Waals surface area contributed by atoms with Gasteiger partial charge >= 0.3 is 0 Å². The summed E-state index contributed by atoms with van der Waals surface area (Å²) >= 11 is 5.94. The Morgan fingerprint density at radius 3 is 2.56 bits per heavy atom. The molecule has 0 unspecified atom stereocenters. The fourth-order valence-electron chi connectivity index (χ4n) is 1.43. The van der Waals surface area contributed by atoms with Crippen LogP contribution in [-0.4, -0.2) is 11.8 Å². The van der Waals surface area contributed by atoms with Crippen molar-refractivity contribution in [1.82, 2.24) is 5.32 Å². The minimum Gasteiger partial charge on any atom is -0.386 e. The minimum absolute atomic E-state index is 0.0729. The lowest BCUT2D eigenvalue weighted by Gasteiger charge is -2.09. The first-order chi connectivity index (χ1) is 7.50. The molecule has 16 heavy (non-hydrogen) atoms. The van der Waals surface area contributed by atoms with Crippen molar-refractivity contribution in [3.05, 3.63) is 46.6 Å². The minimum atomic E-state index is -0.0729. The van der Waals surface area contributed by atoms with Gasteiger partial charge in [0.15, 0.2) is 5.78 Å². The zero-order chi connectivity index (χ0) is 12.1. The summed E-state index contributed by atoms with van der Waals surface area (Å²) in [6.45, 7) is 5.92. The van der Waals surface area contributed by atoms with Crippen molar-refractivity contribution in [2.75, 3.05) is 0 Å². The van der Waals surface area contributed by atoms with Crippen molar-refractivity contribution >= 4 is 17.4 Å². The number of rotatable bonds is 4. The number of hydrogen-bond acceptors (Lipinski definition) is 2. The van der Waals surface area contributed by atoms with E-state index in [4.69, 9.17) is 11.6 Å². The van der Waals surface area contributed by atoms with Crippen LogP contribution in [0, 0.1) is 0 Å². The van der Waals surface area contributed by atoms with Gasteiger partial charge in [-0.05, 0) is 32.9 Å². The molecule has 0 heterocycles. The van der Waals surface area contributed by atoms with Crippen LogP contribution in [0.15, 0.2) is 36.0 Å². The highest BCUT2D eigenvalue weighted by Crippen LogP contribution is 2.16. The molecule has 0 aliphatic heterocycles. The fourth-order valence-corrected chi connectivity index (χ4v) is 1.66. The normalized spacial score (nSPS) is 11.7. The van der Waals surface area contributed by atoms with Gasteiger partial charge in [-0.2, -0.15) is 0 Å². The summed E-state index contributed by atoms with van der Waals surface area (Å²) in [7, 11) is 0. The molecule has 0 aromatic heterocycles. The van der Waals surface area contributed by atoms with Gasteiger partial charge < -0.3 is 5.32 Å². The van der Waals surface area contributed by atoms with E-state index < -0.39 is 0 Å². The molecule has 0 fully saturated rings. The second kappa shape index (κ2) is 5.71. The van der Waals surface area contributed by atoms with Gasteiger partial charge in [0.25, 0.3) is 0 Å². The Bertz CT molecular complexity index is 410. The molecule has 0 bridgehead atoms. The van der Waals surface area contributed by atoms with Gasteiger partial charge in [0.05, 0.1) is 5.02 Å². The first-order valence-corrected chi connectivity index (χ1v) is 5.62. The van der Waals surface area contributed by atoms with Gasteiger partial charge in [-0.1, -0.05) is 23.7 Å². The molecule has 1 N–H and O–H groups in total. The van der Waals surface area contributed by atoms with Crippen molar-refractivity contribution in [2.45, 2.75) is 26.8 Å². The molecular weight excluding hydrogens is 222 g/mol. The van der Waals surface area contributed by atoms with E-state index in [1.165, 1.54) is 0 Å². The standard InChI is InChI=1S/C13H16ClNO/c1-9(2)15-10(3)8-13(16)11-6-4-5-7-12(11)14/h4-9,15H,1-3H3/b10-8-. The molecule has 0 spiro atoms. The zero-order valence-corrected chi connectivity index (χ0v) is 10.5. The van der Waals surface area contributed by atoms with Crippen LogP contribution in [0.2, 0.25) is 5.02 Å². The lowest BCUT2D eigenvalue weighted by atomic mass is 10.1. The predicted octanol–water partition coefficient (Wildman–Crippen LogP) is 3.42. The topological polar surface area (TPSA) is 29.1 Å². The van der Waals surface area contributed by atoms with Gasteiger partial charge in [0.2, 0.25) is 0 Å². The summed E-state index contributed by atoms with van der Waals surface area (Å²) in [5.74, 6) is -0.0729. The number of benzene rings is 1. The maximum absolute atomic E-state index is 11.9. The molecule has 2 nitrogen and oxygen atoms in total. The van der Waals surface area contributed by atoms with Crippen molar-refractivity contribution < 1.29 is 4.79 Å². The fraction of sp³-hybridized carbons (Fsp3) is 0.308. The highest BCUT2D eigenvalue weighted by atomic mass is 35.5. The Morgan fingerprint density at radius 2 is 2.00 bits per heavy atom. The average Bonchev–Trinajstić information content (AvgIpc) is 2.16. The number of carbonyl (C=O) groups excluding carboxylic acids is 1. The highest BCUT2D eigenvalue weighted by molar-refractivity contribution is 6.34. The number of carbonyl (C=O) groups is 1. The smallest absolute Gasteiger partial charge is 0.189 e. The molecule has 1 rings (SSSR count). The quantitative estimate of drug-likeness (QED) is 0.642. The van der Waals surface area contributed by atoms with Crippen molar-refractivity contribution in [3.8, 4) is 0 Å². The molecule has 86 valence electrons. The van der Waals surface area contributed by atoms with Gasteiger partial charge in [0, 0.05) is 23.4 Å². The predicted molar refractivity (Wildman–Crippen MR) is 67.8 cm³/mol. The van der Waals surface area contributed by atoms with Gasteiger partial charge in [-0.3, -0.25) is 4.79 Å². The summed E-state index contributed by atoms with van der Waals surface area (Å²) in [5.41, 5.74) is 1.38. The number of nitrogens with one attached hydrogen (secondary N) is 1. The maximum atomic E-state index is 11.9. The Kier molecular flexibility index (Phi) is 4.56. The third-order valence-electron chi connectivity index (χ3n) is 2.00. The Morgan fingerprint density at radius 1 is 1.38 bits per heavy atom. The SMILES string of the molecule is C/C(=C/C(=O)c1ccccc1Cl)NC(C)C. The molecule has 0 atom stereocenters. The van der Waals surface area contributed by atoms with Crippen LogP contribution >= 0.6 is 11.6 Å². The molecule has 0 aliphatic rings. The second-order valence-electron chi connectivity index (χ2n) is 3.97. The van der Waals surface area contributed by atoms with Crippen LogP contribution in [0.5, 0.6) is 0 Å². The molecule has 3 heteroatoms. The van der Waals surface area contributed by atoms with Crippen LogP contribution in [0.1, 0.15) is 31.1 Å². The summed E-state index contributed by atoms with van der Waals surface area (Å²) in [5, 5.41) is 3.65. The third kappa shape index (κ3) is 3.70.